The third kappa shape index (κ3) is 2.44. The Labute approximate surface area is 91.6 Å². The Morgan fingerprint density at radius 1 is 1.33 bits per heavy atom. The van der Waals surface area contributed by atoms with E-state index in [1.54, 1.807) is 0 Å². The molecule has 2 rings (SSSR count). The van der Waals surface area contributed by atoms with Crippen LogP contribution < -0.4 is 5.32 Å². The summed E-state index contributed by atoms with van der Waals surface area (Å²) in [4.78, 5) is 11.5. The van der Waals surface area contributed by atoms with Crippen molar-refractivity contribution in [2.24, 2.45) is 5.41 Å². The number of carbonyl (C=O) groups is 1. The van der Waals surface area contributed by atoms with E-state index >= 15 is 0 Å². The lowest BCUT2D eigenvalue weighted by atomic mass is 10.1. The van der Waals surface area contributed by atoms with Crippen LogP contribution in [0.3, 0.4) is 0 Å². The molecule has 0 unspecified atom stereocenters. The molecule has 2 aliphatic carbocycles. The first-order chi connectivity index (χ1) is 6.91. The molecule has 3 nitrogen and oxygen atoms in total. The number of hydrogen-bond donors (Lipinski definition) is 1. The molecule has 0 radical (unpaired) electrons. The van der Waals surface area contributed by atoms with Gasteiger partial charge in [-0.15, -0.1) is 0 Å². The minimum atomic E-state index is -0.387. The van der Waals surface area contributed by atoms with Crippen molar-refractivity contribution >= 4 is 6.09 Å². The number of hydrogen-bond acceptors (Lipinski definition) is 2. The van der Waals surface area contributed by atoms with E-state index in [9.17, 15) is 4.79 Å². The Balaban J connectivity index is 1.77. The molecule has 0 aliphatic heterocycles. The fourth-order valence-corrected chi connectivity index (χ4v) is 2.63. The van der Waals surface area contributed by atoms with E-state index in [0.29, 0.717) is 11.5 Å². The number of rotatable bonds is 1. The number of ether oxygens (including phenoxy) is 1. The van der Waals surface area contributed by atoms with Crippen LogP contribution in [0.5, 0.6) is 0 Å². The molecule has 1 atom stereocenters. The van der Waals surface area contributed by atoms with Crippen molar-refractivity contribution in [3.63, 3.8) is 0 Å². The SMILES string of the molecule is CC(C)(C)OC(=O)N[C@@H]1CC12CCCC2. The molecule has 3 heteroatoms. The third-order valence-corrected chi connectivity index (χ3v) is 3.48. The molecular formula is C12H21NO2. The van der Waals surface area contributed by atoms with Gasteiger partial charge in [-0.05, 0) is 45.4 Å². The first kappa shape index (κ1) is 10.8. The normalized spacial score (nSPS) is 27.8. The minimum Gasteiger partial charge on any atom is -0.444 e. The highest BCUT2D eigenvalue weighted by Gasteiger charge is 2.56. The highest BCUT2D eigenvalue weighted by atomic mass is 16.6. The van der Waals surface area contributed by atoms with Crippen molar-refractivity contribution in [1.29, 1.82) is 0 Å². The van der Waals surface area contributed by atoms with Crippen LogP contribution in [0.4, 0.5) is 4.79 Å². The molecule has 1 amide bonds. The molecule has 1 spiro atoms. The number of alkyl carbamates (subject to hydrolysis) is 1. The summed E-state index contributed by atoms with van der Waals surface area (Å²) in [5.74, 6) is 0. The maximum absolute atomic E-state index is 11.5. The minimum absolute atomic E-state index is 0.253. The van der Waals surface area contributed by atoms with Crippen molar-refractivity contribution in [3.8, 4) is 0 Å². The summed E-state index contributed by atoms with van der Waals surface area (Å²) in [6.07, 6.45) is 6.13. The lowest BCUT2D eigenvalue weighted by Crippen LogP contribution is -2.35. The van der Waals surface area contributed by atoms with Crippen LogP contribution in [0.2, 0.25) is 0 Å². The second-order valence-corrected chi connectivity index (χ2v) is 5.97. The zero-order valence-corrected chi connectivity index (χ0v) is 9.93. The fourth-order valence-electron chi connectivity index (χ4n) is 2.63. The molecule has 0 aromatic heterocycles. The maximum atomic E-state index is 11.5. The van der Waals surface area contributed by atoms with Crippen LogP contribution in [0.25, 0.3) is 0 Å². The summed E-state index contributed by atoms with van der Waals surface area (Å²) >= 11 is 0. The van der Waals surface area contributed by atoms with Gasteiger partial charge in [0.25, 0.3) is 0 Å². The van der Waals surface area contributed by atoms with Crippen LogP contribution in [-0.2, 0) is 4.74 Å². The van der Waals surface area contributed by atoms with Crippen LogP contribution in [0.15, 0.2) is 0 Å². The predicted molar refractivity (Wildman–Crippen MR) is 58.7 cm³/mol. The summed E-state index contributed by atoms with van der Waals surface area (Å²) in [5, 5.41) is 2.98. The van der Waals surface area contributed by atoms with Gasteiger partial charge in [-0.1, -0.05) is 12.8 Å². The van der Waals surface area contributed by atoms with Gasteiger partial charge in [0.1, 0.15) is 5.60 Å². The van der Waals surface area contributed by atoms with Crippen molar-refractivity contribution in [1.82, 2.24) is 5.32 Å². The molecule has 0 aromatic carbocycles. The molecule has 2 aliphatic rings. The number of nitrogens with one attached hydrogen (secondary N) is 1. The van der Waals surface area contributed by atoms with Gasteiger partial charge in [-0.2, -0.15) is 0 Å². The Hall–Kier alpha value is -0.730. The summed E-state index contributed by atoms with van der Waals surface area (Å²) in [5.41, 5.74) is 0.0682. The van der Waals surface area contributed by atoms with Crippen LogP contribution in [0.1, 0.15) is 52.9 Å². The van der Waals surface area contributed by atoms with E-state index in [-0.39, 0.29) is 11.7 Å². The number of carbonyl (C=O) groups excluding carboxylic acids is 1. The predicted octanol–water partition coefficient (Wildman–Crippen LogP) is 2.84. The average molecular weight is 211 g/mol. The highest BCUT2D eigenvalue weighted by Crippen LogP contribution is 2.57. The Kier molecular flexibility index (Phi) is 2.44. The topological polar surface area (TPSA) is 38.3 Å². The maximum Gasteiger partial charge on any atom is 0.407 e. The largest absolute Gasteiger partial charge is 0.444 e. The fraction of sp³-hybridized carbons (Fsp3) is 0.917. The zero-order valence-electron chi connectivity index (χ0n) is 9.93. The lowest BCUT2D eigenvalue weighted by Gasteiger charge is -2.20. The van der Waals surface area contributed by atoms with E-state index in [1.165, 1.54) is 25.7 Å². The third-order valence-electron chi connectivity index (χ3n) is 3.48. The van der Waals surface area contributed by atoms with Crippen LogP contribution in [0, 0.1) is 5.41 Å². The second-order valence-electron chi connectivity index (χ2n) is 5.97. The lowest BCUT2D eigenvalue weighted by molar-refractivity contribution is 0.0516. The Morgan fingerprint density at radius 2 is 1.93 bits per heavy atom. The number of amides is 1. The first-order valence-corrected chi connectivity index (χ1v) is 5.91. The average Bonchev–Trinajstić information content (AvgIpc) is 2.54. The molecule has 0 saturated heterocycles. The van der Waals surface area contributed by atoms with E-state index in [4.69, 9.17) is 4.74 Å². The second kappa shape index (κ2) is 3.39. The summed E-state index contributed by atoms with van der Waals surface area (Å²) in [6, 6.07) is 0.384. The first-order valence-electron chi connectivity index (χ1n) is 5.91. The molecule has 86 valence electrons. The van der Waals surface area contributed by atoms with Gasteiger partial charge in [0, 0.05) is 6.04 Å². The van der Waals surface area contributed by atoms with Crippen molar-refractivity contribution in [3.05, 3.63) is 0 Å². The van der Waals surface area contributed by atoms with Gasteiger partial charge < -0.3 is 10.1 Å². The molecule has 0 aromatic rings. The van der Waals surface area contributed by atoms with E-state index in [2.05, 4.69) is 5.32 Å². The summed E-state index contributed by atoms with van der Waals surface area (Å²) in [7, 11) is 0. The standard InChI is InChI=1S/C12H21NO2/c1-11(2,3)15-10(14)13-9-8-12(9)6-4-5-7-12/h9H,4-8H2,1-3H3,(H,13,14)/t9-/m1/s1. The van der Waals surface area contributed by atoms with E-state index in [1.807, 2.05) is 20.8 Å². The Morgan fingerprint density at radius 3 is 2.47 bits per heavy atom. The zero-order chi connectivity index (χ0) is 11.1. The highest BCUT2D eigenvalue weighted by molar-refractivity contribution is 5.68. The van der Waals surface area contributed by atoms with Crippen molar-refractivity contribution in [2.45, 2.75) is 64.5 Å². The quantitative estimate of drug-likeness (QED) is 0.724. The van der Waals surface area contributed by atoms with E-state index in [0.717, 1.165) is 6.42 Å². The van der Waals surface area contributed by atoms with Gasteiger partial charge in [-0.25, -0.2) is 4.79 Å². The molecule has 1 N–H and O–H groups in total. The molecule has 0 bridgehead atoms. The van der Waals surface area contributed by atoms with Crippen LogP contribution in [-0.4, -0.2) is 17.7 Å². The van der Waals surface area contributed by atoms with Gasteiger partial charge in [0.2, 0.25) is 0 Å². The van der Waals surface area contributed by atoms with Gasteiger partial charge in [0.05, 0.1) is 0 Å². The Bertz CT molecular complexity index is 261. The van der Waals surface area contributed by atoms with E-state index < -0.39 is 0 Å². The molecule has 15 heavy (non-hydrogen) atoms. The summed E-state index contributed by atoms with van der Waals surface area (Å²) in [6.45, 7) is 5.68. The smallest absolute Gasteiger partial charge is 0.407 e. The molecule has 2 saturated carbocycles. The van der Waals surface area contributed by atoms with Crippen LogP contribution >= 0.6 is 0 Å². The summed E-state index contributed by atoms with van der Waals surface area (Å²) < 4.78 is 5.24. The van der Waals surface area contributed by atoms with Crippen molar-refractivity contribution < 1.29 is 9.53 Å². The van der Waals surface area contributed by atoms with Gasteiger partial charge in [0.15, 0.2) is 0 Å². The molecular weight excluding hydrogens is 190 g/mol. The van der Waals surface area contributed by atoms with Gasteiger partial charge in [-0.3, -0.25) is 0 Å². The monoisotopic (exact) mass is 211 g/mol. The van der Waals surface area contributed by atoms with Crippen molar-refractivity contribution in [2.75, 3.05) is 0 Å². The van der Waals surface area contributed by atoms with Gasteiger partial charge >= 0.3 is 6.09 Å². The molecule has 0 heterocycles. The molecule has 2 fully saturated rings.